The summed E-state index contributed by atoms with van der Waals surface area (Å²) in [6, 6.07) is 24.6. The van der Waals surface area contributed by atoms with E-state index >= 15 is 0 Å². The van der Waals surface area contributed by atoms with Gasteiger partial charge in [-0.05, 0) is 100.0 Å². The number of ketones is 1. The van der Waals surface area contributed by atoms with Crippen LogP contribution < -0.4 is 5.32 Å². The highest BCUT2D eigenvalue weighted by molar-refractivity contribution is 6.10. The van der Waals surface area contributed by atoms with Gasteiger partial charge in [-0.3, -0.25) is 4.79 Å². The van der Waals surface area contributed by atoms with E-state index in [0.717, 1.165) is 36.8 Å². The third-order valence-electron chi connectivity index (χ3n) is 11.2. The van der Waals surface area contributed by atoms with Crippen molar-refractivity contribution in [1.29, 1.82) is 0 Å². The van der Waals surface area contributed by atoms with Gasteiger partial charge >= 0.3 is 6.03 Å². The molecule has 48 heavy (non-hydrogen) atoms. The van der Waals surface area contributed by atoms with Gasteiger partial charge in [0.05, 0.1) is 24.4 Å². The number of fused-ring (bicyclic) bond motifs is 8. The van der Waals surface area contributed by atoms with Crippen molar-refractivity contribution in [2.45, 2.75) is 95.4 Å². The van der Waals surface area contributed by atoms with Crippen LogP contribution in [0.2, 0.25) is 0 Å². The third-order valence-corrected chi connectivity index (χ3v) is 11.2. The number of rotatable bonds is 7. The normalized spacial score (nSPS) is 27.5. The summed E-state index contributed by atoms with van der Waals surface area (Å²) in [7, 11) is 0. The van der Waals surface area contributed by atoms with E-state index in [1.807, 2.05) is 72.8 Å². The molecule has 3 aromatic rings. The number of amides is 2. The maximum Gasteiger partial charge on any atom is 0.322 e. The average molecular weight is 651 g/mol. The Kier molecular flexibility index (Phi) is 10.5. The van der Waals surface area contributed by atoms with Gasteiger partial charge in [-0.25, -0.2) is 4.79 Å². The molecule has 1 heterocycles. The standard InChI is InChI=1S/C41H50N2O5/c1-29-11-9-22-40(2)37(35-20-18-30(25-33(44)19-17-29)26-36(35)38(45)31-12-5-3-6-13-31)21-23-41(40,47)28-43(27-34-16-10-24-48-34)39(46)42-32-14-7-4-8-15-32/h3-8,11-15,18,20,26,33-34,37,44,47H,9-10,16-17,19,21-25,27-28H2,1-2H3,(H,42,46). The zero-order chi connectivity index (χ0) is 33.7. The van der Waals surface area contributed by atoms with Crippen molar-refractivity contribution in [1.82, 2.24) is 4.90 Å². The van der Waals surface area contributed by atoms with Gasteiger partial charge < -0.3 is 25.2 Å². The number of nitrogens with one attached hydrogen (secondary N) is 1. The van der Waals surface area contributed by atoms with Gasteiger partial charge in [-0.2, -0.15) is 0 Å². The maximum absolute atomic E-state index is 14.2. The van der Waals surface area contributed by atoms with E-state index in [0.29, 0.717) is 62.1 Å². The molecule has 3 aliphatic carbocycles. The van der Waals surface area contributed by atoms with Gasteiger partial charge in [0.2, 0.25) is 0 Å². The largest absolute Gasteiger partial charge is 0.393 e. The van der Waals surface area contributed by atoms with Gasteiger partial charge in [0.15, 0.2) is 5.78 Å². The van der Waals surface area contributed by atoms with E-state index in [1.165, 1.54) is 5.57 Å². The number of hydrogen-bond acceptors (Lipinski definition) is 5. The van der Waals surface area contributed by atoms with E-state index in [9.17, 15) is 19.8 Å². The first-order valence-electron chi connectivity index (χ1n) is 17.7. The van der Waals surface area contributed by atoms with Crippen molar-refractivity contribution in [3.05, 3.63) is 113 Å². The lowest BCUT2D eigenvalue weighted by Gasteiger charge is -2.46. The molecule has 1 saturated heterocycles. The average Bonchev–Trinajstić information content (AvgIpc) is 3.69. The van der Waals surface area contributed by atoms with Gasteiger partial charge in [0.1, 0.15) is 0 Å². The summed E-state index contributed by atoms with van der Waals surface area (Å²) in [5.41, 5.74) is 3.17. The number of aliphatic hydroxyl groups is 2. The Bertz CT molecular complexity index is 1600. The number of carbonyl (C=O) groups is 2. The molecule has 4 aliphatic rings. The van der Waals surface area contributed by atoms with Gasteiger partial charge in [0.25, 0.3) is 0 Å². The van der Waals surface area contributed by atoms with Crippen molar-refractivity contribution < 1.29 is 24.5 Å². The molecule has 1 aliphatic heterocycles. The number of hydrogen-bond donors (Lipinski definition) is 3. The molecule has 5 unspecified atom stereocenters. The first kappa shape index (κ1) is 34.1. The molecule has 1 saturated carbocycles. The third kappa shape index (κ3) is 7.44. The molecular weight excluding hydrogens is 600 g/mol. The highest BCUT2D eigenvalue weighted by Crippen LogP contribution is 2.59. The van der Waals surface area contributed by atoms with Gasteiger partial charge in [0, 0.05) is 35.4 Å². The summed E-state index contributed by atoms with van der Waals surface area (Å²) in [4.78, 5) is 29.9. The molecule has 2 fully saturated rings. The van der Waals surface area contributed by atoms with Crippen LogP contribution in [0.15, 0.2) is 90.5 Å². The second-order valence-electron chi connectivity index (χ2n) is 14.5. The Morgan fingerprint density at radius 3 is 2.46 bits per heavy atom. The number of nitrogens with zero attached hydrogens (tertiary/aromatic N) is 1. The summed E-state index contributed by atoms with van der Waals surface area (Å²) in [5.74, 6) is -0.174. The summed E-state index contributed by atoms with van der Waals surface area (Å²) >= 11 is 0. The Hall–Kier alpha value is -3.78. The minimum Gasteiger partial charge on any atom is -0.393 e. The lowest BCUT2D eigenvalue weighted by molar-refractivity contribution is -0.0799. The minimum atomic E-state index is -1.22. The van der Waals surface area contributed by atoms with E-state index < -0.39 is 17.1 Å². The SMILES string of the molecule is CC1=CCCC2(C)C(CCC2(O)CN(CC2CCCO2)C(=O)Nc2ccccc2)c2ccc(cc2C(=O)c2ccccc2)CC(O)CC1. The number of ether oxygens (including phenoxy) is 1. The van der Waals surface area contributed by atoms with Crippen LogP contribution in [-0.4, -0.2) is 64.4 Å². The second-order valence-corrected chi connectivity index (χ2v) is 14.5. The van der Waals surface area contributed by atoms with Crippen molar-refractivity contribution in [2.24, 2.45) is 5.41 Å². The topological polar surface area (TPSA) is 99.1 Å². The number of anilines is 1. The summed E-state index contributed by atoms with van der Waals surface area (Å²) < 4.78 is 5.98. The number of allylic oxidation sites excluding steroid dienone is 2. The number of aliphatic hydroxyl groups excluding tert-OH is 1. The molecule has 7 nitrogen and oxygen atoms in total. The molecule has 5 atom stereocenters. The maximum atomic E-state index is 14.2. The molecule has 7 heteroatoms. The highest BCUT2D eigenvalue weighted by atomic mass is 16.5. The molecule has 0 aromatic heterocycles. The van der Waals surface area contributed by atoms with E-state index in [4.69, 9.17) is 4.74 Å². The van der Waals surface area contributed by atoms with Crippen LogP contribution in [0.3, 0.4) is 0 Å². The molecule has 2 bridgehead atoms. The molecule has 254 valence electrons. The highest BCUT2D eigenvalue weighted by Gasteiger charge is 2.57. The van der Waals surface area contributed by atoms with Crippen LogP contribution in [0.4, 0.5) is 10.5 Å². The number of carbonyl (C=O) groups excluding carboxylic acids is 2. The molecule has 2 amide bonds. The summed E-state index contributed by atoms with van der Waals surface area (Å²) in [5, 5.41) is 26.9. The van der Waals surface area contributed by atoms with Crippen LogP contribution in [0, 0.1) is 5.41 Å². The quantitative estimate of drug-likeness (QED) is 0.180. The van der Waals surface area contributed by atoms with Crippen LogP contribution >= 0.6 is 0 Å². The zero-order valence-corrected chi connectivity index (χ0v) is 28.4. The van der Waals surface area contributed by atoms with Gasteiger partial charge in [-0.15, -0.1) is 0 Å². The predicted molar refractivity (Wildman–Crippen MR) is 189 cm³/mol. The molecule has 3 aromatic carbocycles. The first-order valence-corrected chi connectivity index (χ1v) is 17.7. The number of para-hydroxylation sites is 1. The van der Waals surface area contributed by atoms with Crippen LogP contribution in [-0.2, 0) is 11.2 Å². The predicted octanol–water partition coefficient (Wildman–Crippen LogP) is 7.67. The summed E-state index contributed by atoms with van der Waals surface area (Å²) in [6.07, 6.45) is 8.02. The zero-order valence-electron chi connectivity index (χ0n) is 28.4. The molecule has 3 N–H and O–H groups in total. The second kappa shape index (κ2) is 14.8. The van der Waals surface area contributed by atoms with Crippen molar-refractivity contribution >= 4 is 17.5 Å². The Morgan fingerprint density at radius 2 is 1.73 bits per heavy atom. The minimum absolute atomic E-state index is 0.0511. The molecular formula is C41H50N2O5. The fourth-order valence-electron chi connectivity index (χ4n) is 8.23. The van der Waals surface area contributed by atoms with Crippen molar-refractivity contribution in [3.8, 4) is 0 Å². The van der Waals surface area contributed by atoms with Crippen molar-refractivity contribution in [3.63, 3.8) is 0 Å². The van der Waals surface area contributed by atoms with E-state index in [-0.39, 0.29) is 30.4 Å². The lowest BCUT2D eigenvalue weighted by Crippen LogP contribution is -2.55. The fourth-order valence-corrected chi connectivity index (χ4v) is 8.23. The smallest absolute Gasteiger partial charge is 0.322 e. The monoisotopic (exact) mass is 650 g/mol. The Morgan fingerprint density at radius 1 is 0.979 bits per heavy atom. The first-order chi connectivity index (χ1) is 23.1. The van der Waals surface area contributed by atoms with Gasteiger partial charge in [-0.1, -0.05) is 79.2 Å². The van der Waals surface area contributed by atoms with E-state index in [2.05, 4.69) is 31.3 Å². The molecule has 7 rings (SSSR count). The van der Waals surface area contributed by atoms with Crippen LogP contribution in [0.1, 0.15) is 98.2 Å². The summed E-state index contributed by atoms with van der Waals surface area (Å²) in [6.45, 7) is 5.51. The van der Waals surface area contributed by atoms with Crippen LogP contribution in [0.25, 0.3) is 0 Å². The Labute approximate surface area is 285 Å². The number of benzene rings is 3. The van der Waals surface area contributed by atoms with Crippen molar-refractivity contribution in [2.75, 3.05) is 25.0 Å². The lowest BCUT2D eigenvalue weighted by atomic mass is 9.64. The number of urea groups is 1. The molecule has 0 spiro atoms. The fraction of sp³-hybridized carbons (Fsp3) is 0.463. The van der Waals surface area contributed by atoms with Crippen LogP contribution in [0.5, 0.6) is 0 Å². The van der Waals surface area contributed by atoms with E-state index in [1.54, 1.807) is 4.90 Å². The Balaban J connectivity index is 1.39. The molecule has 0 radical (unpaired) electrons.